The molecule has 1 saturated carbocycles. The van der Waals surface area contributed by atoms with E-state index >= 15 is 0 Å². The smallest absolute Gasteiger partial charge is 0.332 e. The van der Waals surface area contributed by atoms with E-state index in [4.69, 9.17) is 4.74 Å². The first kappa shape index (κ1) is 21.0. The quantitative estimate of drug-likeness (QED) is 0.669. The van der Waals surface area contributed by atoms with Gasteiger partial charge in [-0.25, -0.2) is 9.69 Å². The lowest BCUT2D eigenvalue weighted by atomic mass is 9.85. The molecule has 1 aliphatic carbocycles. The summed E-state index contributed by atoms with van der Waals surface area (Å²) in [4.78, 5) is 32.7. The molecule has 168 valence electrons. The van der Waals surface area contributed by atoms with E-state index in [1.807, 2.05) is 24.0 Å². The molecule has 1 spiro atoms. The van der Waals surface area contributed by atoms with Gasteiger partial charge in [-0.2, -0.15) is 0 Å². The normalized spacial score (nSPS) is 29.2. The highest BCUT2D eigenvalue weighted by Crippen LogP contribution is 2.42. The maximum atomic E-state index is 13.7. The Morgan fingerprint density at radius 3 is 2.39 bits per heavy atom. The molecule has 31 heavy (non-hydrogen) atoms. The highest BCUT2D eigenvalue weighted by Gasteiger charge is 2.57. The van der Waals surface area contributed by atoms with Gasteiger partial charge in [-0.3, -0.25) is 4.79 Å². The van der Waals surface area contributed by atoms with Gasteiger partial charge in [0.05, 0.1) is 11.8 Å². The molecule has 0 unspecified atom stereocenters. The van der Waals surface area contributed by atoms with Crippen molar-refractivity contribution in [2.75, 3.05) is 37.7 Å². The van der Waals surface area contributed by atoms with Gasteiger partial charge in [0.1, 0.15) is 5.54 Å². The number of urea groups is 1. The van der Waals surface area contributed by atoms with Gasteiger partial charge in [0.25, 0.3) is 5.91 Å². The van der Waals surface area contributed by atoms with Crippen molar-refractivity contribution in [3.05, 3.63) is 29.8 Å². The molecule has 4 fully saturated rings. The van der Waals surface area contributed by atoms with Crippen molar-refractivity contribution >= 4 is 17.6 Å². The topological polar surface area (TPSA) is 53.1 Å². The Kier molecular flexibility index (Phi) is 5.55. The summed E-state index contributed by atoms with van der Waals surface area (Å²) in [6.07, 6.45) is 6.52. The number of benzene rings is 1. The van der Waals surface area contributed by atoms with Crippen molar-refractivity contribution in [2.45, 2.75) is 69.9 Å². The number of piperidine rings is 1. The first-order valence-electron chi connectivity index (χ1n) is 12.1. The third-order valence-electron chi connectivity index (χ3n) is 7.85. The SMILES string of the molecule is CCN1C(=O)N(c2ccc(C3CC3)cc2)C(=O)C12CCN(C[C@H]1CCO[C@@H](C)C1)CC2. The standard InChI is InChI=1S/C25H35N3O3/c1-3-27-24(30)28(22-8-6-21(7-9-22)20-4-5-20)23(29)25(27)11-13-26(14-12-25)17-19-10-15-31-18(2)16-19/h6-9,18-20H,3-5,10-17H2,1-2H3/t18-,19-/m0/s1. The number of ether oxygens (including phenoxy) is 1. The molecule has 3 amide bonds. The lowest BCUT2D eigenvalue weighted by Crippen LogP contribution is -2.57. The third-order valence-corrected chi connectivity index (χ3v) is 7.85. The van der Waals surface area contributed by atoms with E-state index < -0.39 is 5.54 Å². The van der Waals surface area contributed by atoms with Crippen molar-refractivity contribution in [3.8, 4) is 0 Å². The minimum atomic E-state index is -0.680. The van der Waals surface area contributed by atoms with Gasteiger partial charge < -0.3 is 14.5 Å². The van der Waals surface area contributed by atoms with Gasteiger partial charge in [0.15, 0.2) is 0 Å². The molecular formula is C25H35N3O3. The van der Waals surface area contributed by atoms with E-state index in [0.717, 1.165) is 51.9 Å². The van der Waals surface area contributed by atoms with Crippen LogP contribution in [0.1, 0.15) is 63.9 Å². The highest BCUT2D eigenvalue weighted by molar-refractivity contribution is 6.23. The zero-order valence-corrected chi connectivity index (χ0v) is 18.9. The summed E-state index contributed by atoms with van der Waals surface area (Å²) in [6.45, 7) is 8.39. The Bertz CT molecular complexity index is 827. The van der Waals surface area contributed by atoms with E-state index in [2.05, 4.69) is 24.0 Å². The number of carbonyl (C=O) groups excluding carboxylic acids is 2. The average molecular weight is 426 g/mol. The number of likely N-dealkylation sites (N-methyl/N-ethyl adjacent to an activating group) is 1. The molecule has 4 aliphatic rings. The van der Waals surface area contributed by atoms with E-state index in [1.54, 1.807) is 0 Å². The molecule has 6 nitrogen and oxygen atoms in total. The third kappa shape index (κ3) is 3.78. The zero-order chi connectivity index (χ0) is 21.6. The van der Waals surface area contributed by atoms with Crippen LogP contribution in [0.25, 0.3) is 0 Å². The minimum absolute atomic E-state index is 0.0298. The number of hydrogen-bond donors (Lipinski definition) is 0. The maximum absolute atomic E-state index is 13.7. The lowest BCUT2D eigenvalue weighted by molar-refractivity contribution is -0.127. The molecule has 3 aliphatic heterocycles. The van der Waals surface area contributed by atoms with Crippen LogP contribution in [0.15, 0.2) is 24.3 Å². The van der Waals surface area contributed by atoms with Crippen LogP contribution in [0.4, 0.5) is 10.5 Å². The first-order chi connectivity index (χ1) is 15.0. The molecule has 2 atom stereocenters. The fourth-order valence-electron chi connectivity index (χ4n) is 5.90. The number of likely N-dealkylation sites (tertiary alicyclic amines) is 1. The summed E-state index contributed by atoms with van der Waals surface area (Å²) in [5.74, 6) is 1.31. The summed E-state index contributed by atoms with van der Waals surface area (Å²) < 4.78 is 5.69. The largest absolute Gasteiger partial charge is 0.378 e. The molecule has 0 bridgehead atoms. The average Bonchev–Trinajstić information content (AvgIpc) is 3.59. The molecule has 6 heteroatoms. The van der Waals surface area contributed by atoms with Crippen LogP contribution >= 0.6 is 0 Å². The molecular weight excluding hydrogens is 390 g/mol. The van der Waals surface area contributed by atoms with Crippen molar-refractivity contribution in [1.82, 2.24) is 9.80 Å². The van der Waals surface area contributed by atoms with Gasteiger partial charge in [-0.1, -0.05) is 12.1 Å². The van der Waals surface area contributed by atoms with Gasteiger partial charge in [-0.15, -0.1) is 0 Å². The Morgan fingerprint density at radius 2 is 1.77 bits per heavy atom. The molecule has 3 heterocycles. The number of anilines is 1. The van der Waals surface area contributed by atoms with Crippen LogP contribution in [0.5, 0.6) is 0 Å². The molecule has 1 aromatic carbocycles. The van der Waals surface area contributed by atoms with Gasteiger partial charge in [0.2, 0.25) is 0 Å². The van der Waals surface area contributed by atoms with Gasteiger partial charge in [-0.05, 0) is 81.9 Å². The Labute approximate surface area is 185 Å². The second-order valence-electron chi connectivity index (χ2n) is 9.94. The summed E-state index contributed by atoms with van der Waals surface area (Å²) in [5.41, 5.74) is 1.36. The summed E-state index contributed by atoms with van der Waals surface area (Å²) >= 11 is 0. The van der Waals surface area contributed by atoms with Crippen LogP contribution in [0, 0.1) is 5.92 Å². The molecule has 0 radical (unpaired) electrons. The number of nitrogens with zero attached hydrogens (tertiary/aromatic N) is 3. The fourth-order valence-corrected chi connectivity index (χ4v) is 5.90. The van der Waals surface area contributed by atoms with E-state index in [0.29, 0.717) is 30.2 Å². The van der Waals surface area contributed by atoms with Crippen LogP contribution < -0.4 is 4.90 Å². The van der Waals surface area contributed by atoms with Gasteiger partial charge >= 0.3 is 6.03 Å². The summed E-state index contributed by atoms with van der Waals surface area (Å²) in [7, 11) is 0. The van der Waals surface area contributed by atoms with Crippen molar-refractivity contribution < 1.29 is 14.3 Å². The Balaban J connectivity index is 1.29. The first-order valence-corrected chi connectivity index (χ1v) is 12.1. The van der Waals surface area contributed by atoms with Crippen molar-refractivity contribution in [3.63, 3.8) is 0 Å². The van der Waals surface area contributed by atoms with Crippen LogP contribution in [0.2, 0.25) is 0 Å². The second-order valence-corrected chi connectivity index (χ2v) is 9.94. The Hall–Kier alpha value is -1.92. The van der Waals surface area contributed by atoms with E-state index in [9.17, 15) is 9.59 Å². The molecule has 0 N–H and O–H groups in total. The predicted octanol–water partition coefficient (Wildman–Crippen LogP) is 4.00. The van der Waals surface area contributed by atoms with E-state index in [1.165, 1.54) is 23.3 Å². The monoisotopic (exact) mass is 425 g/mol. The Morgan fingerprint density at radius 1 is 1.06 bits per heavy atom. The van der Waals surface area contributed by atoms with Crippen molar-refractivity contribution in [2.24, 2.45) is 5.92 Å². The molecule has 5 rings (SSSR count). The molecule has 1 aromatic rings. The highest BCUT2D eigenvalue weighted by atomic mass is 16.5. The van der Waals surface area contributed by atoms with Crippen LogP contribution in [-0.4, -0.2) is 66.2 Å². The number of amides is 3. The molecule has 0 aromatic heterocycles. The van der Waals surface area contributed by atoms with Crippen LogP contribution in [-0.2, 0) is 9.53 Å². The van der Waals surface area contributed by atoms with Gasteiger partial charge in [0, 0.05) is 32.8 Å². The minimum Gasteiger partial charge on any atom is -0.378 e. The predicted molar refractivity (Wildman–Crippen MR) is 120 cm³/mol. The van der Waals surface area contributed by atoms with E-state index in [-0.39, 0.29) is 11.9 Å². The lowest BCUT2D eigenvalue weighted by Gasteiger charge is -2.43. The number of imide groups is 1. The molecule has 3 saturated heterocycles. The van der Waals surface area contributed by atoms with Crippen molar-refractivity contribution in [1.29, 1.82) is 0 Å². The number of hydrogen-bond acceptors (Lipinski definition) is 4. The number of rotatable bonds is 5. The second kappa shape index (κ2) is 8.21. The number of carbonyl (C=O) groups is 2. The summed E-state index contributed by atoms with van der Waals surface area (Å²) in [6, 6.07) is 7.94. The zero-order valence-electron chi connectivity index (χ0n) is 18.9. The van der Waals surface area contributed by atoms with Crippen LogP contribution in [0.3, 0.4) is 0 Å². The summed E-state index contributed by atoms with van der Waals surface area (Å²) in [5, 5.41) is 0. The fraction of sp³-hybridized carbons (Fsp3) is 0.680. The maximum Gasteiger partial charge on any atom is 0.332 e.